The van der Waals surface area contributed by atoms with Crippen LogP contribution in [0.5, 0.6) is 0 Å². The molecular weight excluding hydrogens is 226 g/mol. The van der Waals surface area contributed by atoms with Gasteiger partial charge in [0.2, 0.25) is 0 Å². The van der Waals surface area contributed by atoms with Crippen molar-refractivity contribution in [3.63, 3.8) is 0 Å². The zero-order chi connectivity index (χ0) is 13.4. The van der Waals surface area contributed by atoms with Crippen molar-refractivity contribution in [1.29, 1.82) is 0 Å². The predicted molar refractivity (Wildman–Crippen MR) is 74.8 cm³/mol. The largest absolute Gasteiger partial charge is 0.467 e. The first-order chi connectivity index (χ1) is 8.72. The number of nitrogens with one attached hydrogen (secondary N) is 1. The summed E-state index contributed by atoms with van der Waals surface area (Å²) in [4.78, 5) is 11.7. The number of carbonyl (C=O) groups excluding carboxylic acids is 1. The lowest BCUT2D eigenvalue weighted by molar-refractivity contribution is -0.141. The smallest absolute Gasteiger partial charge is 0.328 e. The first kappa shape index (κ1) is 14.6. The number of aryl methyl sites for hydroxylation is 1. The number of hydrogen-bond acceptors (Lipinski definition) is 3. The number of rotatable bonds is 7. The minimum Gasteiger partial charge on any atom is -0.467 e. The van der Waals surface area contributed by atoms with Gasteiger partial charge < -0.3 is 10.1 Å². The molecule has 0 fully saturated rings. The highest BCUT2D eigenvalue weighted by molar-refractivity contribution is 5.79. The molecule has 0 heterocycles. The Morgan fingerprint density at radius 1 is 1.33 bits per heavy atom. The Balaban J connectivity index is 2.78. The highest BCUT2D eigenvalue weighted by Crippen LogP contribution is 2.18. The summed E-state index contributed by atoms with van der Waals surface area (Å²) in [6, 6.07) is 7.85. The van der Waals surface area contributed by atoms with Gasteiger partial charge in [0.05, 0.1) is 7.11 Å². The van der Waals surface area contributed by atoms with E-state index in [0.717, 1.165) is 31.4 Å². The number of hydrogen-bond donors (Lipinski definition) is 1. The second-order valence-electron chi connectivity index (χ2n) is 4.37. The summed E-state index contributed by atoms with van der Waals surface area (Å²) in [6.45, 7) is 4.23. The van der Waals surface area contributed by atoms with Gasteiger partial charge in [-0.15, -0.1) is 0 Å². The fraction of sp³-hybridized carbons (Fsp3) is 0.533. The minimum atomic E-state index is -0.248. The van der Waals surface area contributed by atoms with Crippen molar-refractivity contribution in [2.45, 2.75) is 45.6 Å². The Hall–Kier alpha value is -1.51. The summed E-state index contributed by atoms with van der Waals surface area (Å²) in [5.41, 5.74) is 2.26. The molecule has 3 nitrogen and oxygen atoms in total. The van der Waals surface area contributed by atoms with E-state index in [2.05, 4.69) is 25.2 Å². The molecule has 0 aliphatic heterocycles. The van der Waals surface area contributed by atoms with Crippen molar-refractivity contribution in [2.24, 2.45) is 0 Å². The minimum absolute atomic E-state index is 0.186. The molecule has 18 heavy (non-hydrogen) atoms. The first-order valence-electron chi connectivity index (χ1n) is 6.65. The fourth-order valence-electron chi connectivity index (χ4n) is 1.96. The topological polar surface area (TPSA) is 38.3 Å². The summed E-state index contributed by atoms with van der Waals surface area (Å²) in [5, 5.41) is 3.31. The highest BCUT2D eigenvalue weighted by atomic mass is 16.5. The third kappa shape index (κ3) is 4.06. The molecule has 1 aromatic carbocycles. The molecule has 3 heteroatoms. The second-order valence-corrected chi connectivity index (χ2v) is 4.37. The van der Waals surface area contributed by atoms with Gasteiger partial charge in [-0.2, -0.15) is 0 Å². The average molecular weight is 249 g/mol. The monoisotopic (exact) mass is 249 g/mol. The maximum atomic E-state index is 11.7. The maximum absolute atomic E-state index is 11.7. The normalized spacial score (nSPS) is 11.9. The predicted octanol–water partition coefficient (Wildman–Crippen LogP) is 3.39. The number of benzene rings is 1. The molecule has 0 aromatic heterocycles. The number of methoxy groups -OCH3 is 1. The van der Waals surface area contributed by atoms with Crippen LogP contribution in [0, 0.1) is 0 Å². The lowest BCUT2D eigenvalue weighted by Gasteiger charge is -2.19. The molecule has 0 aliphatic carbocycles. The van der Waals surface area contributed by atoms with Crippen molar-refractivity contribution >= 4 is 11.7 Å². The maximum Gasteiger partial charge on any atom is 0.328 e. The number of esters is 1. The second kappa shape index (κ2) is 7.75. The molecule has 1 rings (SSSR count). The number of para-hydroxylation sites is 1. The van der Waals surface area contributed by atoms with E-state index in [-0.39, 0.29) is 12.0 Å². The summed E-state index contributed by atoms with van der Waals surface area (Å²) in [6.07, 6.45) is 3.84. The number of anilines is 1. The van der Waals surface area contributed by atoms with Gasteiger partial charge in [0.15, 0.2) is 0 Å². The van der Waals surface area contributed by atoms with Crippen LogP contribution in [0.4, 0.5) is 5.69 Å². The number of ether oxygens (including phenoxy) is 1. The molecule has 0 aliphatic rings. The lowest BCUT2D eigenvalue weighted by Crippen LogP contribution is -2.31. The zero-order valence-electron chi connectivity index (χ0n) is 11.5. The summed E-state index contributed by atoms with van der Waals surface area (Å²) < 4.78 is 4.85. The van der Waals surface area contributed by atoms with Crippen LogP contribution in [0.2, 0.25) is 0 Å². The Morgan fingerprint density at radius 3 is 2.67 bits per heavy atom. The fourth-order valence-corrected chi connectivity index (χ4v) is 1.96. The Bertz CT molecular complexity index is 377. The van der Waals surface area contributed by atoms with Gasteiger partial charge in [-0.05, 0) is 24.5 Å². The average Bonchev–Trinajstić information content (AvgIpc) is 2.42. The van der Waals surface area contributed by atoms with Crippen molar-refractivity contribution < 1.29 is 9.53 Å². The van der Waals surface area contributed by atoms with Crippen molar-refractivity contribution in [3.8, 4) is 0 Å². The Morgan fingerprint density at radius 2 is 2.06 bits per heavy atom. The quantitative estimate of drug-likeness (QED) is 0.753. The van der Waals surface area contributed by atoms with Gasteiger partial charge >= 0.3 is 5.97 Å². The molecule has 0 radical (unpaired) electrons. The third-order valence-corrected chi connectivity index (χ3v) is 3.06. The molecular formula is C15H23NO2. The van der Waals surface area contributed by atoms with Crippen LogP contribution >= 0.6 is 0 Å². The van der Waals surface area contributed by atoms with Crippen LogP contribution in [0.1, 0.15) is 38.7 Å². The third-order valence-electron chi connectivity index (χ3n) is 3.06. The SMILES string of the molecule is CCCCC(Nc1ccccc1CC)C(=O)OC. The van der Waals surface area contributed by atoms with Gasteiger partial charge in [-0.1, -0.05) is 44.9 Å². The van der Waals surface area contributed by atoms with Crippen LogP contribution in [-0.4, -0.2) is 19.1 Å². The van der Waals surface area contributed by atoms with Crippen LogP contribution < -0.4 is 5.32 Å². The van der Waals surface area contributed by atoms with Gasteiger partial charge in [0.25, 0.3) is 0 Å². The number of unbranched alkanes of at least 4 members (excludes halogenated alkanes) is 1. The van der Waals surface area contributed by atoms with Crippen LogP contribution in [0.3, 0.4) is 0 Å². The first-order valence-corrected chi connectivity index (χ1v) is 6.65. The van der Waals surface area contributed by atoms with E-state index in [9.17, 15) is 4.79 Å². The molecule has 0 amide bonds. The van der Waals surface area contributed by atoms with Crippen molar-refractivity contribution in [2.75, 3.05) is 12.4 Å². The van der Waals surface area contributed by atoms with E-state index in [0.29, 0.717) is 0 Å². The van der Waals surface area contributed by atoms with Crippen molar-refractivity contribution in [1.82, 2.24) is 0 Å². The molecule has 1 atom stereocenters. The van der Waals surface area contributed by atoms with E-state index < -0.39 is 0 Å². The van der Waals surface area contributed by atoms with E-state index in [1.165, 1.54) is 12.7 Å². The van der Waals surface area contributed by atoms with Gasteiger partial charge in [0.1, 0.15) is 6.04 Å². The molecule has 1 N–H and O–H groups in total. The molecule has 0 saturated carbocycles. The van der Waals surface area contributed by atoms with E-state index >= 15 is 0 Å². The van der Waals surface area contributed by atoms with Crippen LogP contribution in [-0.2, 0) is 16.0 Å². The van der Waals surface area contributed by atoms with Gasteiger partial charge in [-0.25, -0.2) is 4.79 Å². The standard InChI is InChI=1S/C15H23NO2/c1-4-6-10-14(15(17)18-3)16-13-11-8-7-9-12(13)5-2/h7-9,11,14,16H,4-6,10H2,1-3H3. The lowest BCUT2D eigenvalue weighted by atomic mass is 10.1. The number of carbonyl (C=O) groups is 1. The summed E-state index contributed by atoms with van der Waals surface area (Å²) in [5.74, 6) is -0.186. The highest BCUT2D eigenvalue weighted by Gasteiger charge is 2.18. The molecule has 0 spiro atoms. The Labute approximate surface area is 110 Å². The van der Waals surface area contributed by atoms with E-state index in [1.54, 1.807) is 0 Å². The Kier molecular flexibility index (Phi) is 6.26. The summed E-state index contributed by atoms with van der Waals surface area (Å²) >= 11 is 0. The van der Waals surface area contributed by atoms with Crippen molar-refractivity contribution in [3.05, 3.63) is 29.8 Å². The zero-order valence-corrected chi connectivity index (χ0v) is 11.5. The van der Waals surface area contributed by atoms with Crippen LogP contribution in [0.25, 0.3) is 0 Å². The van der Waals surface area contributed by atoms with E-state index in [4.69, 9.17) is 4.74 Å². The molecule has 0 bridgehead atoms. The molecule has 1 aromatic rings. The molecule has 1 unspecified atom stereocenters. The molecule has 0 saturated heterocycles. The van der Waals surface area contributed by atoms with Gasteiger partial charge in [0, 0.05) is 5.69 Å². The van der Waals surface area contributed by atoms with Gasteiger partial charge in [-0.3, -0.25) is 0 Å². The summed E-state index contributed by atoms with van der Waals surface area (Å²) in [7, 11) is 1.44. The molecule has 100 valence electrons. The van der Waals surface area contributed by atoms with E-state index in [1.807, 2.05) is 18.2 Å². The van der Waals surface area contributed by atoms with Crippen LogP contribution in [0.15, 0.2) is 24.3 Å².